The Kier molecular flexibility index (Phi) is 8.47. The minimum atomic E-state index is -0.347. The topological polar surface area (TPSA) is 79.8 Å². The summed E-state index contributed by atoms with van der Waals surface area (Å²) in [5.74, 6) is 0.908. The maximum absolute atomic E-state index is 12.6. The zero-order valence-corrected chi connectivity index (χ0v) is 20.4. The highest BCUT2D eigenvalue weighted by Gasteiger charge is 2.29. The first-order chi connectivity index (χ1) is 15.5. The van der Waals surface area contributed by atoms with Gasteiger partial charge >= 0.3 is 0 Å². The standard InChI is InChI=1S/C23H24N4OS2.C2H6/c1-23(11-13-29-22(24)27-23)16-6-5-7-17(14-16)26-21(28)15-18-9-10-20(30-18)19-8-3-2-4-12-25-19;1-2/h3-10,12,14H,2,11,13,15H2,1H3,(H2,24,27)(H,26,28);1-2H3. The molecule has 1 atom stereocenters. The number of carbonyl (C=O) groups excluding carboxylic acids is 1. The Morgan fingerprint density at radius 2 is 2.06 bits per heavy atom. The zero-order valence-electron chi connectivity index (χ0n) is 18.8. The lowest BCUT2D eigenvalue weighted by Gasteiger charge is -2.30. The van der Waals surface area contributed by atoms with Gasteiger partial charge in [-0.2, -0.15) is 0 Å². The molecule has 0 spiro atoms. The van der Waals surface area contributed by atoms with Crippen LogP contribution in [-0.2, 0) is 16.8 Å². The number of nitrogens with two attached hydrogens (primary N) is 1. The summed E-state index contributed by atoms with van der Waals surface area (Å²) in [6.45, 7) is 6.09. The molecule has 5 nitrogen and oxygen atoms in total. The van der Waals surface area contributed by atoms with Crippen LogP contribution in [0.4, 0.5) is 5.69 Å². The van der Waals surface area contributed by atoms with Crippen molar-refractivity contribution >= 4 is 45.6 Å². The molecule has 2 aromatic rings. The number of benzene rings is 1. The molecule has 0 radical (unpaired) electrons. The highest BCUT2D eigenvalue weighted by molar-refractivity contribution is 8.13. The molecule has 3 N–H and O–H groups in total. The van der Waals surface area contributed by atoms with E-state index in [0.717, 1.165) is 45.3 Å². The zero-order chi connectivity index (χ0) is 23.0. The monoisotopic (exact) mass is 466 g/mol. The molecule has 0 saturated carbocycles. The van der Waals surface area contributed by atoms with Gasteiger partial charge in [-0.15, -0.1) is 11.3 Å². The van der Waals surface area contributed by atoms with Crippen LogP contribution in [0.5, 0.6) is 0 Å². The molecule has 168 valence electrons. The number of carbonyl (C=O) groups is 1. The van der Waals surface area contributed by atoms with Crippen LogP contribution in [-0.4, -0.2) is 22.5 Å². The van der Waals surface area contributed by atoms with Crippen molar-refractivity contribution in [1.29, 1.82) is 0 Å². The van der Waals surface area contributed by atoms with E-state index < -0.39 is 0 Å². The number of aliphatic imine (C=N–C) groups is 2. The molecule has 1 aromatic carbocycles. The summed E-state index contributed by atoms with van der Waals surface area (Å²) in [5, 5.41) is 3.65. The lowest BCUT2D eigenvalue weighted by molar-refractivity contribution is -0.115. The predicted octanol–water partition coefficient (Wildman–Crippen LogP) is 5.89. The van der Waals surface area contributed by atoms with Crippen LogP contribution in [0.25, 0.3) is 0 Å². The van der Waals surface area contributed by atoms with E-state index >= 15 is 0 Å². The fourth-order valence-electron chi connectivity index (χ4n) is 3.44. The van der Waals surface area contributed by atoms with E-state index in [-0.39, 0.29) is 11.4 Å². The van der Waals surface area contributed by atoms with E-state index in [9.17, 15) is 4.79 Å². The van der Waals surface area contributed by atoms with Crippen molar-refractivity contribution in [2.75, 3.05) is 11.1 Å². The number of nitrogens with zero attached hydrogens (tertiary/aromatic N) is 2. The van der Waals surface area contributed by atoms with Gasteiger partial charge in [0.15, 0.2) is 5.17 Å². The second kappa shape index (κ2) is 11.3. The van der Waals surface area contributed by atoms with Crippen molar-refractivity contribution < 1.29 is 4.79 Å². The Morgan fingerprint density at radius 1 is 1.22 bits per heavy atom. The van der Waals surface area contributed by atoms with Gasteiger partial charge < -0.3 is 11.1 Å². The lowest BCUT2D eigenvalue weighted by Crippen LogP contribution is -2.28. The van der Waals surface area contributed by atoms with Crippen LogP contribution < -0.4 is 11.1 Å². The number of hydrogen-bond donors (Lipinski definition) is 2. The van der Waals surface area contributed by atoms with Crippen molar-refractivity contribution in [2.45, 2.75) is 45.6 Å². The van der Waals surface area contributed by atoms with Gasteiger partial charge in [-0.25, -0.2) is 0 Å². The second-order valence-electron chi connectivity index (χ2n) is 7.43. The Morgan fingerprint density at radius 3 is 2.88 bits per heavy atom. The first kappa shape index (κ1) is 24.0. The maximum atomic E-state index is 12.6. The van der Waals surface area contributed by atoms with E-state index in [2.05, 4.69) is 28.3 Å². The molecule has 0 saturated heterocycles. The van der Waals surface area contributed by atoms with Gasteiger partial charge in [-0.3, -0.25) is 14.8 Å². The Bertz CT molecular complexity index is 1070. The highest BCUT2D eigenvalue weighted by atomic mass is 32.2. The normalized spacial score (nSPS) is 19.8. The molecule has 2 aliphatic rings. The van der Waals surface area contributed by atoms with Crippen molar-refractivity contribution in [1.82, 2.24) is 0 Å². The number of amides is 1. The quantitative estimate of drug-likeness (QED) is 0.577. The summed E-state index contributed by atoms with van der Waals surface area (Å²) < 4.78 is 0. The van der Waals surface area contributed by atoms with Crippen LogP contribution in [0.2, 0.25) is 0 Å². The lowest BCUT2D eigenvalue weighted by atomic mass is 9.89. The fraction of sp³-hybridized carbons (Fsp3) is 0.320. The van der Waals surface area contributed by atoms with E-state index in [0.29, 0.717) is 11.6 Å². The van der Waals surface area contributed by atoms with E-state index in [1.807, 2.05) is 68.6 Å². The smallest absolute Gasteiger partial charge is 0.229 e. The van der Waals surface area contributed by atoms with E-state index in [1.54, 1.807) is 23.1 Å². The van der Waals surface area contributed by atoms with Gasteiger partial charge in [0, 0.05) is 22.5 Å². The summed E-state index contributed by atoms with van der Waals surface area (Å²) in [6.07, 6.45) is 10.1. The molecule has 1 aromatic heterocycles. The third-order valence-corrected chi connectivity index (χ3v) is 6.98. The van der Waals surface area contributed by atoms with Gasteiger partial charge in [0.25, 0.3) is 0 Å². The first-order valence-corrected chi connectivity index (χ1v) is 12.7. The fourth-order valence-corrected chi connectivity index (χ4v) is 5.40. The van der Waals surface area contributed by atoms with Crippen LogP contribution in [0.1, 0.15) is 48.9 Å². The summed E-state index contributed by atoms with van der Waals surface area (Å²) in [4.78, 5) is 23.8. The Balaban J connectivity index is 0.00000141. The average molecular weight is 467 g/mol. The van der Waals surface area contributed by atoms with Gasteiger partial charge in [0.2, 0.25) is 5.91 Å². The molecule has 32 heavy (non-hydrogen) atoms. The SMILES string of the molecule is CC.CC1(c2cccc(NC(=O)Cc3ccc(C4=NC=CCC=C4)s3)c2)CCSC(N)=N1. The number of thioether (sulfide) groups is 1. The summed E-state index contributed by atoms with van der Waals surface area (Å²) in [5.41, 5.74) is 8.38. The Hall–Kier alpha value is -2.64. The summed E-state index contributed by atoms with van der Waals surface area (Å²) in [6, 6.07) is 11.9. The van der Waals surface area contributed by atoms with Gasteiger partial charge in [-0.1, -0.05) is 49.9 Å². The second-order valence-corrected chi connectivity index (χ2v) is 9.71. The number of hydrogen-bond acceptors (Lipinski definition) is 6. The van der Waals surface area contributed by atoms with Crippen LogP contribution in [0.15, 0.2) is 70.8 Å². The number of nitrogens with one attached hydrogen (secondary N) is 1. The molecule has 2 aliphatic heterocycles. The van der Waals surface area contributed by atoms with E-state index in [4.69, 9.17) is 5.73 Å². The molecule has 1 unspecified atom stereocenters. The van der Waals surface area contributed by atoms with E-state index in [1.165, 1.54) is 0 Å². The number of amidine groups is 1. The maximum Gasteiger partial charge on any atom is 0.229 e. The largest absolute Gasteiger partial charge is 0.379 e. The number of rotatable bonds is 5. The molecular formula is C25H30N4OS2. The van der Waals surface area contributed by atoms with Crippen molar-refractivity contribution in [2.24, 2.45) is 15.7 Å². The van der Waals surface area contributed by atoms with Gasteiger partial charge in [0.05, 0.1) is 22.5 Å². The molecule has 0 aliphatic carbocycles. The van der Waals surface area contributed by atoms with Crippen molar-refractivity contribution in [3.63, 3.8) is 0 Å². The molecular weight excluding hydrogens is 436 g/mol. The third-order valence-electron chi connectivity index (χ3n) is 5.08. The molecule has 0 fully saturated rings. The van der Waals surface area contributed by atoms with Crippen LogP contribution in [0.3, 0.4) is 0 Å². The van der Waals surface area contributed by atoms with Crippen LogP contribution >= 0.6 is 23.1 Å². The molecule has 4 rings (SSSR count). The van der Waals surface area contributed by atoms with Crippen molar-refractivity contribution in [3.8, 4) is 0 Å². The van der Waals surface area contributed by atoms with Crippen molar-refractivity contribution in [3.05, 3.63) is 76.1 Å². The highest BCUT2D eigenvalue weighted by Crippen LogP contribution is 2.35. The molecule has 1 amide bonds. The summed E-state index contributed by atoms with van der Waals surface area (Å²) >= 11 is 3.19. The van der Waals surface area contributed by atoms with Crippen LogP contribution in [0, 0.1) is 0 Å². The minimum Gasteiger partial charge on any atom is -0.379 e. The molecule has 7 heteroatoms. The van der Waals surface area contributed by atoms with Gasteiger partial charge in [-0.05, 0) is 55.7 Å². The van der Waals surface area contributed by atoms with Gasteiger partial charge in [0.1, 0.15) is 0 Å². The Labute approximate surface area is 198 Å². The number of thiophene rings is 1. The minimum absolute atomic E-state index is 0.0360. The number of allylic oxidation sites excluding steroid dienone is 3. The predicted molar refractivity (Wildman–Crippen MR) is 140 cm³/mol. The first-order valence-electron chi connectivity index (χ1n) is 10.9. The average Bonchev–Trinajstić information content (AvgIpc) is 3.07. The number of anilines is 1. The third kappa shape index (κ3) is 6.20. The molecule has 3 heterocycles. The molecule has 0 bridgehead atoms. The summed E-state index contributed by atoms with van der Waals surface area (Å²) in [7, 11) is 0.